The number of halogens is 1. The van der Waals surface area contributed by atoms with Gasteiger partial charge in [-0.25, -0.2) is 0 Å². The summed E-state index contributed by atoms with van der Waals surface area (Å²) in [5.74, 6) is 0. The van der Waals surface area contributed by atoms with Gasteiger partial charge in [-0.05, 0) is 30.5 Å². The van der Waals surface area contributed by atoms with E-state index < -0.39 is 0 Å². The fourth-order valence-electron chi connectivity index (χ4n) is 1.48. The van der Waals surface area contributed by atoms with Crippen LogP contribution in [0.2, 0.25) is 0 Å². The van der Waals surface area contributed by atoms with Gasteiger partial charge in [0.1, 0.15) is 5.16 Å². The average Bonchev–Trinajstić information content (AvgIpc) is 2.28. The number of allylic oxidation sites excluding steroid dienone is 1. The van der Waals surface area contributed by atoms with Crippen molar-refractivity contribution >= 4 is 17.7 Å². The summed E-state index contributed by atoms with van der Waals surface area (Å²) >= 11 is 6.16. The summed E-state index contributed by atoms with van der Waals surface area (Å²) in [5, 5.41) is 0.813. The lowest BCUT2D eigenvalue weighted by atomic mass is 10.1. The third kappa shape index (κ3) is 3.42. The fourth-order valence-corrected chi connectivity index (χ4v) is 1.54. The summed E-state index contributed by atoms with van der Waals surface area (Å²) in [6, 6.07) is 8.32. The van der Waals surface area contributed by atoms with Crippen LogP contribution in [0.5, 0.6) is 0 Å². The molecular formula is C14H18ClN. The lowest BCUT2D eigenvalue weighted by Gasteiger charge is -2.19. The summed E-state index contributed by atoms with van der Waals surface area (Å²) < 4.78 is 0. The van der Waals surface area contributed by atoms with E-state index in [1.807, 2.05) is 31.9 Å². The van der Waals surface area contributed by atoms with Crippen LogP contribution in [-0.2, 0) is 6.54 Å². The van der Waals surface area contributed by atoms with Crippen LogP contribution in [0.4, 0.5) is 0 Å². The van der Waals surface area contributed by atoms with Crippen molar-refractivity contribution in [2.45, 2.75) is 20.4 Å². The SMILES string of the molecule is C=Cc1ccc(CN(C)C(Cl)=C(C)C)cc1. The van der Waals surface area contributed by atoms with Crippen molar-refractivity contribution in [1.29, 1.82) is 0 Å². The highest BCUT2D eigenvalue weighted by Gasteiger charge is 2.03. The van der Waals surface area contributed by atoms with Crippen LogP contribution in [0.1, 0.15) is 25.0 Å². The van der Waals surface area contributed by atoms with E-state index in [1.54, 1.807) is 0 Å². The molecule has 0 aliphatic heterocycles. The van der Waals surface area contributed by atoms with Crippen molar-refractivity contribution in [2.24, 2.45) is 0 Å². The first-order valence-corrected chi connectivity index (χ1v) is 5.68. The van der Waals surface area contributed by atoms with E-state index in [9.17, 15) is 0 Å². The second kappa shape index (κ2) is 5.76. The van der Waals surface area contributed by atoms with Crippen molar-refractivity contribution in [3.63, 3.8) is 0 Å². The van der Waals surface area contributed by atoms with Crippen LogP contribution in [0.25, 0.3) is 6.08 Å². The van der Waals surface area contributed by atoms with E-state index in [2.05, 4.69) is 30.8 Å². The Kier molecular flexibility index (Phi) is 4.63. The van der Waals surface area contributed by atoms with Crippen LogP contribution >= 0.6 is 11.6 Å². The minimum Gasteiger partial charge on any atom is -0.361 e. The fraction of sp³-hybridized carbons (Fsp3) is 0.286. The summed E-state index contributed by atoms with van der Waals surface area (Å²) in [4.78, 5) is 2.04. The minimum atomic E-state index is 0.813. The predicted octanol–water partition coefficient (Wildman–Crippen LogP) is 4.25. The van der Waals surface area contributed by atoms with E-state index in [4.69, 9.17) is 11.6 Å². The summed E-state index contributed by atoms with van der Waals surface area (Å²) in [7, 11) is 2.00. The molecule has 1 rings (SSSR count). The van der Waals surface area contributed by atoms with Gasteiger partial charge in [-0.2, -0.15) is 0 Å². The zero-order chi connectivity index (χ0) is 12.1. The van der Waals surface area contributed by atoms with E-state index in [-0.39, 0.29) is 0 Å². The molecule has 1 aromatic rings. The Bertz CT molecular complexity index is 386. The van der Waals surface area contributed by atoms with Crippen LogP contribution in [0, 0.1) is 0 Å². The zero-order valence-electron chi connectivity index (χ0n) is 10.1. The van der Waals surface area contributed by atoms with Gasteiger partial charge in [0.15, 0.2) is 0 Å². The molecule has 0 saturated carbocycles. The molecule has 0 N–H and O–H groups in total. The smallest absolute Gasteiger partial charge is 0.103 e. The van der Waals surface area contributed by atoms with Crippen molar-refractivity contribution in [3.05, 3.63) is 52.7 Å². The molecule has 2 heteroatoms. The lowest BCUT2D eigenvalue weighted by molar-refractivity contribution is 0.433. The second-order valence-corrected chi connectivity index (χ2v) is 4.45. The predicted molar refractivity (Wildman–Crippen MR) is 72.2 cm³/mol. The third-order valence-electron chi connectivity index (χ3n) is 2.38. The van der Waals surface area contributed by atoms with Crippen LogP contribution < -0.4 is 0 Å². The number of benzene rings is 1. The molecule has 1 nitrogen and oxygen atoms in total. The molecule has 0 heterocycles. The summed E-state index contributed by atoms with van der Waals surface area (Å²) in [6.07, 6.45) is 1.84. The Labute approximate surface area is 103 Å². The van der Waals surface area contributed by atoms with Gasteiger partial charge in [0.2, 0.25) is 0 Å². The van der Waals surface area contributed by atoms with Gasteiger partial charge in [0, 0.05) is 13.6 Å². The molecule has 16 heavy (non-hydrogen) atoms. The Morgan fingerprint density at radius 3 is 2.31 bits per heavy atom. The molecule has 86 valence electrons. The van der Waals surface area contributed by atoms with E-state index in [0.717, 1.165) is 22.8 Å². The second-order valence-electron chi connectivity index (χ2n) is 4.09. The molecule has 0 amide bonds. The molecule has 0 atom stereocenters. The van der Waals surface area contributed by atoms with Gasteiger partial charge in [-0.3, -0.25) is 0 Å². The highest BCUT2D eigenvalue weighted by molar-refractivity contribution is 6.29. The quantitative estimate of drug-likeness (QED) is 0.706. The molecule has 0 spiro atoms. The molecule has 0 aliphatic carbocycles. The van der Waals surface area contributed by atoms with Crippen molar-refractivity contribution in [2.75, 3.05) is 7.05 Å². The summed E-state index contributed by atoms with van der Waals surface area (Å²) in [5.41, 5.74) is 3.51. The normalized spacial score (nSPS) is 9.75. The van der Waals surface area contributed by atoms with Crippen LogP contribution in [0.15, 0.2) is 41.6 Å². The standard InChI is InChI=1S/C14H18ClN/c1-5-12-6-8-13(9-7-12)10-16(4)14(15)11(2)3/h5-9H,1,10H2,2-4H3. The minimum absolute atomic E-state index is 0.813. The highest BCUT2D eigenvalue weighted by atomic mass is 35.5. The average molecular weight is 236 g/mol. The van der Waals surface area contributed by atoms with E-state index >= 15 is 0 Å². The topological polar surface area (TPSA) is 3.24 Å². The zero-order valence-corrected chi connectivity index (χ0v) is 10.9. The highest BCUT2D eigenvalue weighted by Crippen LogP contribution is 2.16. The number of rotatable bonds is 4. The van der Waals surface area contributed by atoms with E-state index in [1.165, 1.54) is 5.56 Å². The molecule has 0 aromatic heterocycles. The monoisotopic (exact) mass is 235 g/mol. The molecule has 0 aliphatic rings. The summed E-state index contributed by atoms with van der Waals surface area (Å²) in [6.45, 7) is 8.58. The maximum Gasteiger partial charge on any atom is 0.103 e. The Balaban J connectivity index is 2.73. The molecular weight excluding hydrogens is 218 g/mol. The Morgan fingerprint density at radius 2 is 1.88 bits per heavy atom. The number of nitrogens with zero attached hydrogens (tertiary/aromatic N) is 1. The van der Waals surface area contributed by atoms with E-state index in [0.29, 0.717) is 0 Å². The lowest BCUT2D eigenvalue weighted by Crippen LogP contribution is -2.14. The number of hydrogen-bond donors (Lipinski definition) is 0. The maximum atomic E-state index is 6.16. The maximum absolute atomic E-state index is 6.16. The number of hydrogen-bond acceptors (Lipinski definition) is 1. The van der Waals surface area contributed by atoms with Crippen LogP contribution in [-0.4, -0.2) is 11.9 Å². The Morgan fingerprint density at radius 1 is 1.31 bits per heavy atom. The van der Waals surface area contributed by atoms with Gasteiger partial charge < -0.3 is 4.90 Å². The van der Waals surface area contributed by atoms with Gasteiger partial charge in [-0.1, -0.05) is 48.5 Å². The first kappa shape index (κ1) is 12.9. The van der Waals surface area contributed by atoms with Gasteiger partial charge in [-0.15, -0.1) is 0 Å². The molecule has 1 aromatic carbocycles. The molecule has 0 radical (unpaired) electrons. The van der Waals surface area contributed by atoms with Gasteiger partial charge in [0.05, 0.1) is 0 Å². The first-order valence-electron chi connectivity index (χ1n) is 5.30. The molecule has 0 saturated heterocycles. The molecule has 0 unspecified atom stereocenters. The van der Waals surface area contributed by atoms with Crippen molar-refractivity contribution in [1.82, 2.24) is 4.90 Å². The third-order valence-corrected chi connectivity index (χ3v) is 3.05. The van der Waals surface area contributed by atoms with Gasteiger partial charge >= 0.3 is 0 Å². The van der Waals surface area contributed by atoms with Crippen molar-refractivity contribution in [3.8, 4) is 0 Å². The van der Waals surface area contributed by atoms with Crippen LogP contribution in [0.3, 0.4) is 0 Å². The Hall–Kier alpha value is -1.21. The van der Waals surface area contributed by atoms with Gasteiger partial charge in [0.25, 0.3) is 0 Å². The largest absolute Gasteiger partial charge is 0.361 e. The molecule has 0 bridgehead atoms. The molecule has 0 fully saturated rings. The van der Waals surface area contributed by atoms with Crippen molar-refractivity contribution < 1.29 is 0 Å². The first-order chi connectivity index (χ1) is 7.54.